The average Bonchev–Trinajstić information content (AvgIpc) is 2.31. The van der Waals surface area contributed by atoms with E-state index in [0.29, 0.717) is 6.54 Å². The first-order chi connectivity index (χ1) is 8.45. The van der Waals surface area contributed by atoms with E-state index in [9.17, 15) is 4.79 Å². The standard InChI is InChI=1S/C12H16Br2N2O2/c1-7(2)11(12(17)18-3)16-6-10-9(14)4-8(13)5-15-10/h4-5,7,11,16H,6H2,1-3H3/t11-/m0/s1. The number of halogens is 2. The van der Waals surface area contributed by atoms with Crippen LogP contribution in [0.5, 0.6) is 0 Å². The molecular weight excluding hydrogens is 364 g/mol. The fraction of sp³-hybridized carbons (Fsp3) is 0.500. The van der Waals surface area contributed by atoms with Crippen molar-refractivity contribution in [3.8, 4) is 0 Å². The van der Waals surface area contributed by atoms with E-state index in [1.54, 1.807) is 6.20 Å². The lowest BCUT2D eigenvalue weighted by Gasteiger charge is -2.19. The van der Waals surface area contributed by atoms with Crippen LogP contribution in [-0.2, 0) is 16.1 Å². The SMILES string of the molecule is COC(=O)[C@@H](NCc1ncc(Br)cc1Br)C(C)C. The van der Waals surface area contributed by atoms with Gasteiger partial charge in [0.1, 0.15) is 6.04 Å². The Morgan fingerprint density at radius 3 is 2.67 bits per heavy atom. The summed E-state index contributed by atoms with van der Waals surface area (Å²) in [5.41, 5.74) is 0.854. The number of ether oxygens (including phenoxy) is 1. The molecule has 0 aliphatic rings. The maximum atomic E-state index is 11.6. The fourth-order valence-electron chi connectivity index (χ4n) is 1.50. The van der Waals surface area contributed by atoms with Crippen LogP contribution in [0.1, 0.15) is 19.5 Å². The van der Waals surface area contributed by atoms with E-state index in [2.05, 4.69) is 42.2 Å². The molecule has 1 heterocycles. The van der Waals surface area contributed by atoms with Crippen molar-refractivity contribution < 1.29 is 9.53 Å². The monoisotopic (exact) mass is 378 g/mol. The molecule has 1 rings (SSSR count). The van der Waals surface area contributed by atoms with E-state index in [1.807, 2.05) is 19.9 Å². The molecule has 1 aromatic heterocycles. The summed E-state index contributed by atoms with van der Waals surface area (Å²) >= 11 is 6.79. The third-order valence-corrected chi connectivity index (χ3v) is 3.62. The van der Waals surface area contributed by atoms with Gasteiger partial charge in [-0.25, -0.2) is 0 Å². The minimum absolute atomic E-state index is 0.159. The maximum absolute atomic E-state index is 11.6. The van der Waals surface area contributed by atoms with Crippen LogP contribution < -0.4 is 5.32 Å². The highest BCUT2D eigenvalue weighted by Crippen LogP contribution is 2.19. The topological polar surface area (TPSA) is 51.2 Å². The number of carbonyl (C=O) groups excluding carboxylic acids is 1. The Balaban J connectivity index is 2.70. The van der Waals surface area contributed by atoms with Crippen LogP contribution in [0.2, 0.25) is 0 Å². The molecule has 0 spiro atoms. The second-order valence-electron chi connectivity index (χ2n) is 4.21. The second kappa shape index (κ2) is 7.21. The van der Waals surface area contributed by atoms with Gasteiger partial charge in [0.25, 0.3) is 0 Å². The zero-order valence-electron chi connectivity index (χ0n) is 10.5. The van der Waals surface area contributed by atoms with Crippen molar-refractivity contribution in [3.63, 3.8) is 0 Å². The van der Waals surface area contributed by atoms with Crippen LogP contribution >= 0.6 is 31.9 Å². The van der Waals surface area contributed by atoms with Gasteiger partial charge >= 0.3 is 5.97 Å². The number of methoxy groups -OCH3 is 1. The van der Waals surface area contributed by atoms with E-state index in [-0.39, 0.29) is 17.9 Å². The number of pyridine rings is 1. The summed E-state index contributed by atoms with van der Waals surface area (Å²) in [6, 6.07) is 1.60. The maximum Gasteiger partial charge on any atom is 0.323 e. The zero-order valence-corrected chi connectivity index (χ0v) is 13.7. The molecule has 0 unspecified atom stereocenters. The van der Waals surface area contributed by atoms with Crippen molar-refractivity contribution in [1.29, 1.82) is 0 Å². The van der Waals surface area contributed by atoms with Crippen molar-refractivity contribution in [2.24, 2.45) is 5.92 Å². The molecule has 1 N–H and O–H groups in total. The van der Waals surface area contributed by atoms with Crippen LogP contribution in [0.15, 0.2) is 21.2 Å². The summed E-state index contributed by atoms with van der Waals surface area (Å²) in [6.45, 7) is 4.45. The van der Waals surface area contributed by atoms with Crippen LogP contribution in [-0.4, -0.2) is 24.1 Å². The number of nitrogens with zero attached hydrogens (tertiary/aromatic N) is 1. The summed E-state index contributed by atoms with van der Waals surface area (Å²) in [6.07, 6.45) is 1.73. The lowest BCUT2D eigenvalue weighted by atomic mass is 10.0. The molecule has 1 aromatic rings. The zero-order chi connectivity index (χ0) is 13.7. The van der Waals surface area contributed by atoms with Crippen LogP contribution in [0.3, 0.4) is 0 Å². The molecule has 0 radical (unpaired) electrons. The van der Waals surface area contributed by atoms with Crippen molar-refractivity contribution in [2.75, 3.05) is 7.11 Å². The molecule has 1 atom stereocenters. The molecule has 0 amide bonds. The molecule has 4 nitrogen and oxygen atoms in total. The molecule has 100 valence electrons. The lowest BCUT2D eigenvalue weighted by molar-refractivity contribution is -0.144. The normalized spacial score (nSPS) is 12.6. The van der Waals surface area contributed by atoms with Crippen LogP contribution in [0.4, 0.5) is 0 Å². The van der Waals surface area contributed by atoms with Gasteiger partial charge in [-0.05, 0) is 43.8 Å². The molecule has 0 aliphatic carbocycles. The first-order valence-corrected chi connectivity index (χ1v) is 7.15. The Bertz CT molecular complexity index is 425. The minimum Gasteiger partial charge on any atom is -0.468 e. The number of rotatable bonds is 5. The lowest BCUT2D eigenvalue weighted by Crippen LogP contribution is -2.41. The van der Waals surface area contributed by atoms with Crippen molar-refractivity contribution >= 4 is 37.8 Å². The first kappa shape index (κ1) is 15.6. The highest BCUT2D eigenvalue weighted by Gasteiger charge is 2.22. The predicted molar refractivity (Wildman–Crippen MR) is 77.1 cm³/mol. The summed E-state index contributed by atoms with van der Waals surface area (Å²) in [5.74, 6) is -0.0927. The number of nitrogens with one attached hydrogen (secondary N) is 1. The molecule has 18 heavy (non-hydrogen) atoms. The predicted octanol–water partition coefficient (Wildman–Crippen LogP) is 2.89. The minimum atomic E-state index is -0.327. The molecule has 0 aliphatic heterocycles. The average molecular weight is 380 g/mol. The van der Waals surface area contributed by atoms with Crippen molar-refractivity contribution in [2.45, 2.75) is 26.4 Å². The highest BCUT2D eigenvalue weighted by molar-refractivity contribution is 9.11. The third kappa shape index (κ3) is 4.33. The smallest absolute Gasteiger partial charge is 0.323 e. The summed E-state index contributed by atoms with van der Waals surface area (Å²) in [7, 11) is 1.40. The Morgan fingerprint density at radius 2 is 2.17 bits per heavy atom. The van der Waals surface area contributed by atoms with E-state index < -0.39 is 0 Å². The number of hydrogen-bond donors (Lipinski definition) is 1. The molecule has 0 aromatic carbocycles. The fourth-order valence-corrected chi connectivity index (χ4v) is 2.63. The van der Waals surface area contributed by atoms with Gasteiger partial charge in [0.2, 0.25) is 0 Å². The van der Waals surface area contributed by atoms with Gasteiger partial charge in [-0.3, -0.25) is 15.1 Å². The summed E-state index contributed by atoms with van der Waals surface area (Å²) < 4.78 is 6.58. The van der Waals surface area contributed by atoms with Crippen LogP contribution in [0.25, 0.3) is 0 Å². The van der Waals surface area contributed by atoms with Gasteiger partial charge in [0.15, 0.2) is 0 Å². The van der Waals surface area contributed by atoms with E-state index in [1.165, 1.54) is 7.11 Å². The van der Waals surface area contributed by atoms with Crippen LogP contribution in [0, 0.1) is 5.92 Å². The van der Waals surface area contributed by atoms with Gasteiger partial charge in [-0.1, -0.05) is 13.8 Å². The van der Waals surface area contributed by atoms with Crippen molar-refractivity contribution in [1.82, 2.24) is 10.3 Å². The van der Waals surface area contributed by atoms with Gasteiger partial charge in [-0.15, -0.1) is 0 Å². The highest BCUT2D eigenvalue weighted by atomic mass is 79.9. The van der Waals surface area contributed by atoms with Gasteiger partial charge < -0.3 is 4.74 Å². The quantitative estimate of drug-likeness (QED) is 0.799. The number of carbonyl (C=O) groups is 1. The number of esters is 1. The van der Waals surface area contributed by atoms with Crippen molar-refractivity contribution in [3.05, 3.63) is 26.9 Å². The van der Waals surface area contributed by atoms with E-state index in [0.717, 1.165) is 14.6 Å². The second-order valence-corrected chi connectivity index (χ2v) is 5.98. The Hall–Kier alpha value is -0.460. The molecule has 0 bridgehead atoms. The molecule has 0 saturated heterocycles. The van der Waals surface area contributed by atoms with E-state index in [4.69, 9.17) is 4.74 Å². The molecular formula is C12H16Br2N2O2. The number of hydrogen-bond acceptors (Lipinski definition) is 4. The Kier molecular flexibility index (Phi) is 6.25. The largest absolute Gasteiger partial charge is 0.468 e. The molecule has 6 heteroatoms. The summed E-state index contributed by atoms with van der Waals surface area (Å²) in [5, 5.41) is 3.16. The molecule has 0 saturated carbocycles. The first-order valence-electron chi connectivity index (χ1n) is 5.56. The van der Waals surface area contributed by atoms with Gasteiger partial charge in [0, 0.05) is 21.7 Å². The van der Waals surface area contributed by atoms with Gasteiger partial charge in [-0.2, -0.15) is 0 Å². The summed E-state index contributed by atoms with van der Waals surface area (Å²) in [4.78, 5) is 15.9. The third-order valence-electron chi connectivity index (χ3n) is 2.50. The van der Waals surface area contributed by atoms with Gasteiger partial charge in [0.05, 0.1) is 12.8 Å². The Morgan fingerprint density at radius 1 is 1.50 bits per heavy atom. The number of aromatic nitrogens is 1. The molecule has 0 fully saturated rings. The van der Waals surface area contributed by atoms with E-state index >= 15 is 0 Å². The Labute approximate surface area is 124 Å².